The Labute approximate surface area is 239 Å². The number of carbonyl (C=O) groups is 2. The molecule has 6 nitrogen and oxygen atoms in total. The molecule has 1 unspecified atom stereocenters. The number of nitrogens with zero attached hydrogens (tertiary/aromatic N) is 2. The van der Waals surface area contributed by atoms with E-state index in [1.807, 2.05) is 62.4 Å². The lowest BCUT2D eigenvalue weighted by molar-refractivity contribution is -0.123. The molecule has 1 N–H and O–H groups in total. The summed E-state index contributed by atoms with van der Waals surface area (Å²) in [5, 5.41) is 2.44. The molecule has 0 aliphatic carbocycles. The van der Waals surface area contributed by atoms with Gasteiger partial charge >= 0.3 is 5.97 Å². The first kappa shape index (κ1) is 27.1. The number of hydrogen-bond acceptors (Lipinski definition) is 5. The molecule has 0 aliphatic heterocycles. The van der Waals surface area contributed by atoms with Crippen molar-refractivity contribution in [3.63, 3.8) is 0 Å². The number of halogens is 2. The largest absolute Gasteiger partial charge is 0.449 e. The molecule has 1 aromatic heterocycles. The van der Waals surface area contributed by atoms with Crippen LogP contribution >= 0.6 is 15.9 Å². The van der Waals surface area contributed by atoms with Crippen LogP contribution in [-0.2, 0) is 9.53 Å². The molecule has 5 rings (SSSR count). The number of amides is 1. The minimum atomic E-state index is -1.16. The number of hydrogen-bond donors (Lipinski definition) is 1. The minimum Gasteiger partial charge on any atom is -0.449 e. The number of carbonyl (C=O) groups excluding carboxylic acids is 2. The van der Waals surface area contributed by atoms with Gasteiger partial charge in [0.2, 0.25) is 0 Å². The van der Waals surface area contributed by atoms with Crippen LogP contribution in [0, 0.1) is 19.7 Å². The van der Waals surface area contributed by atoms with Crippen LogP contribution in [0.25, 0.3) is 33.5 Å². The number of fused-ring (bicyclic) bond motifs is 1. The quantitative estimate of drug-likeness (QED) is 0.203. The van der Waals surface area contributed by atoms with Crippen molar-refractivity contribution in [2.45, 2.75) is 26.9 Å². The van der Waals surface area contributed by atoms with E-state index in [2.05, 4.69) is 21.2 Å². The van der Waals surface area contributed by atoms with Gasteiger partial charge in [-0.1, -0.05) is 75.6 Å². The van der Waals surface area contributed by atoms with E-state index in [0.29, 0.717) is 21.2 Å². The van der Waals surface area contributed by atoms with Crippen LogP contribution in [0.2, 0.25) is 0 Å². The summed E-state index contributed by atoms with van der Waals surface area (Å²) in [5.74, 6) is -1.97. The summed E-state index contributed by atoms with van der Waals surface area (Å²) in [7, 11) is 0. The van der Waals surface area contributed by atoms with Gasteiger partial charge < -0.3 is 10.1 Å². The molecule has 0 saturated carbocycles. The van der Waals surface area contributed by atoms with Crippen LogP contribution in [0.15, 0.2) is 89.4 Å². The van der Waals surface area contributed by atoms with Gasteiger partial charge in [-0.15, -0.1) is 0 Å². The number of ether oxygens (including phenoxy) is 1. The smallest absolute Gasteiger partial charge is 0.338 e. The van der Waals surface area contributed by atoms with Crippen molar-refractivity contribution in [3.05, 3.63) is 112 Å². The lowest BCUT2D eigenvalue weighted by Crippen LogP contribution is -2.30. The Bertz CT molecular complexity index is 1740. The number of benzene rings is 4. The standard InChI is InChI=1S/C32H25BrFN3O3/c1-18-4-8-21(9-5-18)29-30(22-10-6-19(2)7-11-22)36-28-16-23(12-14-27(28)35-29)32(39)40-20(3)31(38)37-26-15-13-24(33)17-25(26)34/h4-17,20H,1-3H3,(H,37,38). The second kappa shape index (κ2) is 11.4. The molecule has 5 aromatic rings. The number of rotatable bonds is 6. The molecule has 4 aromatic carbocycles. The summed E-state index contributed by atoms with van der Waals surface area (Å²) in [6.07, 6.45) is -1.16. The monoisotopic (exact) mass is 597 g/mol. The van der Waals surface area contributed by atoms with Gasteiger partial charge in [-0.05, 0) is 57.2 Å². The van der Waals surface area contributed by atoms with Crippen molar-refractivity contribution in [2.24, 2.45) is 0 Å². The molecule has 0 saturated heterocycles. The molecule has 1 atom stereocenters. The molecule has 0 bridgehead atoms. The Balaban J connectivity index is 1.44. The third kappa shape index (κ3) is 5.92. The van der Waals surface area contributed by atoms with Crippen LogP contribution in [0.5, 0.6) is 0 Å². The number of aromatic nitrogens is 2. The fourth-order valence-electron chi connectivity index (χ4n) is 4.11. The zero-order chi connectivity index (χ0) is 28.4. The van der Waals surface area contributed by atoms with E-state index in [-0.39, 0.29) is 11.3 Å². The molecular weight excluding hydrogens is 573 g/mol. The summed E-state index contributed by atoms with van der Waals surface area (Å²) in [4.78, 5) is 35.3. The van der Waals surface area contributed by atoms with E-state index >= 15 is 0 Å². The first-order valence-electron chi connectivity index (χ1n) is 12.6. The molecule has 1 heterocycles. The highest BCUT2D eigenvalue weighted by atomic mass is 79.9. The third-order valence-corrected chi connectivity index (χ3v) is 6.89. The van der Waals surface area contributed by atoms with Gasteiger partial charge in [-0.25, -0.2) is 19.2 Å². The average molecular weight is 598 g/mol. The Morgan fingerprint density at radius 2 is 1.38 bits per heavy atom. The zero-order valence-electron chi connectivity index (χ0n) is 22.0. The highest BCUT2D eigenvalue weighted by molar-refractivity contribution is 9.10. The maximum absolute atomic E-state index is 14.1. The lowest BCUT2D eigenvalue weighted by Gasteiger charge is -2.15. The van der Waals surface area contributed by atoms with Gasteiger partial charge in [0.25, 0.3) is 5.91 Å². The molecule has 0 radical (unpaired) electrons. The van der Waals surface area contributed by atoms with Gasteiger partial charge in [0.15, 0.2) is 6.10 Å². The molecular formula is C32H25BrFN3O3. The highest BCUT2D eigenvalue weighted by Crippen LogP contribution is 2.32. The van der Waals surface area contributed by atoms with E-state index in [1.165, 1.54) is 19.1 Å². The molecule has 0 spiro atoms. The normalized spacial score (nSPS) is 11.7. The van der Waals surface area contributed by atoms with Gasteiger partial charge in [-0.2, -0.15) is 0 Å². The Morgan fingerprint density at radius 3 is 1.95 bits per heavy atom. The van der Waals surface area contributed by atoms with E-state index in [9.17, 15) is 14.0 Å². The van der Waals surface area contributed by atoms with Crippen molar-refractivity contribution in [1.29, 1.82) is 0 Å². The van der Waals surface area contributed by atoms with Crippen molar-refractivity contribution in [2.75, 3.05) is 5.32 Å². The van der Waals surface area contributed by atoms with E-state index in [0.717, 1.165) is 27.9 Å². The van der Waals surface area contributed by atoms with Gasteiger partial charge in [0.05, 0.1) is 33.7 Å². The molecule has 0 aliphatic rings. The van der Waals surface area contributed by atoms with Crippen LogP contribution in [0.3, 0.4) is 0 Å². The maximum Gasteiger partial charge on any atom is 0.338 e. The fourth-order valence-corrected chi connectivity index (χ4v) is 4.45. The summed E-state index contributed by atoms with van der Waals surface area (Å²) >= 11 is 3.17. The second-order valence-corrected chi connectivity index (χ2v) is 10.4. The Kier molecular flexibility index (Phi) is 7.71. The van der Waals surface area contributed by atoms with Crippen LogP contribution in [0.4, 0.5) is 10.1 Å². The Morgan fingerprint density at radius 1 is 0.800 bits per heavy atom. The summed E-state index contributed by atoms with van der Waals surface area (Å²) in [6, 6.07) is 25.3. The van der Waals surface area contributed by atoms with Gasteiger partial charge in [0.1, 0.15) is 5.82 Å². The zero-order valence-corrected chi connectivity index (χ0v) is 23.6. The van der Waals surface area contributed by atoms with Gasteiger partial charge in [0, 0.05) is 15.6 Å². The van der Waals surface area contributed by atoms with Crippen LogP contribution in [0.1, 0.15) is 28.4 Å². The molecule has 8 heteroatoms. The average Bonchev–Trinajstić information content (AvgIpc) is 2.94. The molecule has 1 amide bonds. The summed E-state index contributed by atoms with van der Waals surface area (Å²) in [6.45, 7) is 5.47. The van der Waals surface area contributed by atoms with E-state index in [1.54, 1.807) is 24.3 Å². The SMILES string of the molecule is Cc1ccc(-c2nc3ccc(C(=O)OC(C)C(=O)Nc4ccc(Br)cc4F)cc3nc2-c2ccc(C)cc2)cc1. The first-order chi connectivity index (χ1) is 19.2. The summed E-state index contributed by atoms with van der Waals surface area (Å²) < 4.78 is 20.0. The number of aryl methyl sites for hydroxylation is 2. The van der Waals surface area contributed by atoms with Crippen molar-refractivity contribution in [1.82, 2.24) is 9.97 Å². The first-order valence-corrected chi connectivity index (χ1v) is 13.4. The number of nitrogens with one attached hydrogen (secondary N) is 1. The van der Waals surface area contributed by atoms with E-state index in [4.69, 9.17) is 14.7 Å². The van der Waals surface area contributed by atoms with Crippen LogP contribution < -0.4 is 5.32 Å². The summed E-state index contributed by atoms with van der Waals surface area (Å²) in [5.41, 5.74) is 6.84. The van der Waals surface area contributed by atoms with Crippen molar-refractivity contribution in [3.8, 4) is 22.5 Å². The lowest BCUT2D eigenvalue weighted by atomic mass is 10.0. The highest BCUT2D eigenvalue weighted by Gasteiger charge is 2.21. The second-order valence-electron chi connectivity index (χ2n) is 9.52. The predicted molar refractivity (Wildman–Crippen MR) is 157 cm³/mol. The fraction of sp³-hybridized carbons (Fsp3) is 0.125. The minimum absolute atomic E-state index is 0.00917. The topological polar surface area (TPSA) is 81.2 Å². The molecule has 40 heavy (non-hydrogen) atoms. The van der Waals surface area contributed by atoms with Crippen LogP contribution in [-0.4, -0.2) is 27.9 Å². The van der Waals surface area contributed by atoms with Gasteiger partial charge in [-0.3, -0.25) is 4.79 Å². The predicted octanol–water partition coefficient (Wildman–Crippen LogP) is 7.67. The molecule has 200 valence electrons. The third-order valence-electron chi connectivity index (χ3n) is 6.39. The number of esters is 1. The maximum atomic E-state index is 14.1. The Hall–Kier alpha value is -4.43. The van der Waals surface area contributed by atoms with Crippen molar-refractivity contribution < 1.29 is 18.7 Å². The number of anilines is 1. The molecule has 0 fully saturated rings. The van der Waals surface area contributed by atoms with Crippen molar-refractivity contribution >= 4 is 44.5 Å². The van der Waals surface area contributed by atoms with E-state index < -0.39 is 23.8 Å².